The van der Waals surface area contributed by atoms with Crippen molar-refractivity contribution in [2.45, 2.75) is 26.3 Å². The number of hydrogen-bond donors (Lipinski definition) is 1. The molecule has 0 aromatic heterocycles. The zero-order valence-electron chi connectivity index (χ0n) is 14.5. The predicted molar refractivity (Wildman–Crippen MR) is 96.6 cm³/mol. The Morgan fingerprint density at radius 1 is 1.20 bits per heavy atom. The number of carbonyl (C=O) groups excluding carboxylic acids is 2. The van der Waals surface area contributed by atoms with Gasteiger partial charge in [0.05, 0.1) is 11.7 Å². The SMILES string of the molecule is Cc1ccc(C(C)NC(=O)CCN2C(=O)COc3ccccc32)cc1. The predicted octanol–water partition coefficient (Wildman–Crippen LogP) is 2.99. The maximum absolute atomic E-state index is 12.3. The van der Waals surface area contributed by atoms with E-state index in [9.17, 15) is 9.59 Å². The number of rotatable bonds is 5. The zero-order chi connectivity index (χ0) is 17.8. The molecule has 0 saturated carbocycles. The fourth-order valence-corrected chi connectivity index (χ4v) is 2.86. The molecule has 0 bridgehead atoms. The fraction of sp³-hybridized carbons (Fsp3) is 0.300. The van der Waals surface area contributed by atoms with Gasteiger partial charge in [-0.05, 0) is 31.5 Å². The number of aryl methyl sites for hydroxylation is 1. The summed E-state index contributed by atoms with van der Waals surface area (Å²) in [6, 6.07) is 15.4. The van der Waals surface area contributed by atoms with E-state index < -0.39 is 0 Å². The van der Waals surface area contributed by atoms with Crippen molar-refractivity contribution < 1.29 is 14.3 Å². The van der Waals surface area contributed by atoms with Crippen molar-refractivity contribution in [1.82, 2.24) is 5.32 Å². The van der Waals surface area contributed by atoms with Crippen molar-refractivity contribution >= 4 is 17.5 Å². The first-order chi connectivity index (χ1) is 12.0. The van der Waals surface area contributed by atoms with E-state index in [4.69, 9.17) is 4.74 Å². The molecule has 0 spiro atoms. The number of fused-ring (bicyclic) bond motifs is 1. The number of ether oxygens (including phenoxy) is 1. The Morgan fingerprint density at radius 3 is 2.68 bits per heavy atom. The summed E-state index contributed by atoms with van der Waals surface area (Å²) in [4.78, 5) is 26.0. The molecule has 3 rings (SSSR count). The van der Waals surface area contributed by atoms with Crippen molar-refractivity contribution in [3.63, 3.8) is 0 Å². The summed E-state index contributed by atoms with van der Waals surface area (Å²) in [5, 5.41) is 2.99. The van der Waals surface area contributed by atoms with Crippen molar-refractivity contribution in [2.24, 2.45) is 0 Å². The summed E-state index contributed by atoms with van der Waals surface area (Å²) in [7, 11) is 0. The van der Waals surface area contributed by atoms with Gasteiger partial charge in [0.2, 0.25) is 5.91 Å². The Kier molecular flexibility index (Phi) is 5.03. The average molecular weight is 338 g/mol. The molecule has 5 heteroatoms. The quantitative estimate of drug-likeness (QED) is 0.912. The van der Waals surface area contributed by atoms with Gasteiger partial charge < -0.3 is 15.0 Å². The minimum absolute atomic E-state index is 0.0123. The molecule has 1 atom stereocenters. The van der Waals surface area contributed by atoms with Crippen LogP contribution >= 0.6 is 0 Å². The van der Waals surface area contributed by atoms with E-state index in [1.165, 1.54) is 5.56 Å². The number of amides is 2. The lowest BCUT2D eigenvalue weighted by atomic mass is 10.1. The zero-order valence-corrected chi connectivity index (χ0v) is 14.5. The summed E-state index contributed by atoms with van der Waals surface area (Å²) in [6.45, 7) is 4.34. The molecule has 0 fully saturated rings. The summed E-state index contributed by atoms with van der Waals surface area (Å²) in [5.74, 6) is 0.471. The smallest absolute Gasteiger partial charge is 0.265 e. The van der Waals surface area contributed by atoms with Crippen LogP contribution in [0.5, 0.6) is 5.75 Å². The van der Waals surface area contributed by atoms with Crippen LogP contribution in [-0.2, 0) is 9.59 Å². The molecule has 0 radical (unpaired) electrons. The minimum atomic E-state index is -0.127. The van der Waals surface area contributed by atoms with Gasteiger partial charge in [0.1, 0.15) is 5.75 Å². The number of carbonyl (C=O) groups is 2. The fourth-order valence-electron chi connectivity index (χ4n) is 2.86. The Labute approximate surface area is 147 Å². The van der Waals surface area contributed by atoms with Crippen LogP contribution in [0.15, 0.2) is 48.5 Å². The van der Waals surface area contributed by atoms with Crippen LogP contribution in [-0.4, -0.2) is 25.0 Å². The second-order valence-electron chi connectivity index (χ2n) is 6.25. The van der Waals surface area contributed by atoms with Gasteiger partial charge in [-0.2, -0.15) is 0 Å². The van der Waals surface area contributed by atoms with Crippen LogP contribution in [0.3, 0.4) is 0 Å². The van der Waals surface area contributed by atoms with E-state index in [1.807, 2.05) is 62.4 Å². The highest BCUT2D eigenvalue weighted by Gasteiger charge is 2.25. The largest absolute Gasteiger partial charge is 0.482 e. The first-order valence-corrected chi connectivity index (χ1v) is 8.43. The van der Waals surface area contributed by atoms with Crippen LogP contribution in [0, 0.1) is 6.92 Å². The Bertz CT molecular complexity index is 771. The minimum Gasteiger partial charge on any atom is -0.482 e. The van der Waals surface area contributed by atoms with Gasteiger partial charge in [-0.15, -0.1) is 0 Å². The third-order valence-corrected chi connectivity index (χ3v) is 4.33. The summed E-state index contributed by atoms with van der Waals surface area (Å²) in [5.41, 5.74) is 2.97. The molecule has 2 aromatic rings. The van der Waals surface area contributed by atoms with Gasteiger partial charge in [-0.3, -0.25) is 9.59 Å². The lowest BCUT2D eigenvalue weighted by Gasteiger charge is -2.29. The van der Waals surface area contributed by atoms with E-state index in [2.05, 4.69) is 5.32 Å². The van der Waals surface area contributed by atoms with Gasteiger partial charge in [0.25, 0.3) is 5.91 Å². The van der Waals surface area contributed by atoms with Crippen molar-refractivity contribution in [2.75, 3.05) is 18.1 Å². The molecular formula is C20H22N2O3. The van der Waals surface area contributed by atoms with Crippen molar-refractivity contribution in [3.8, 4) is 5.75 Å². The highest BCUT2D eigenvalue weighted by Crippen LogP contribution is 2.31. The molecule has 2 amide bonds. The number of benzene rings is 2. The molecule has 130 valence electrons. The molecule has 1 heterocycles. The van der Waals surface area contributed by atoms with Crippen LogP contribution < -0.4 is 15.0 Å². The lowest BCUT2D eigenvalue weighted by molar-refractivity contribution is -0.122. The van der Waals surface area contributed by atoms with Gasteiger partial charge >= 0.3 is 0 Å². The molecule has 0 saturated heterocycles. The lowest BCUT2D eigenvalue weighted by Crippen LogP contribution is -2.41. The monoisotopic (exact) mass is 338 g/mol. The number of anilines is 1. The third-order valence-electron chi connectivity index (χ3n) is 4.33. The van der Waals surface area contributed by atoms with Gasteiger partial charge in [0.15, 0.2) is 6.61 Å². The van der Waals surface area contributed by atoms with Gasteiger partial charge in [-0.25, -0.2) is 0 Å². The Morgan fingerprint density at radius 2 is 1.92 bits per heavy atom. The first kappa shape index (κ1) is 17.0. The molecule has 1 aliphatic rings. The van der Waals surface area contributed by atoms with Crippen LogP contribution in [0.2, 0.25) is 0 Å². The first-order valence-electron chi connectivity index (χ1n) is 8.43. The van der Waals surface area contributed by atoms with E-state index in [0.717, 1.165) is 11.3 Å². The normalized spacial score (nSPS) is 14.5. The van der Waals surface area contributed by atoms with E-state index >= 15 is 0 Å². The second-order valence-corrected chi connectivity index (χ2v) is 6.25. The number of hydrogen-bond acceptors (Lipinski definition) is 3. The molecular weight excluding hydrogens is 316 g/mol. The summed E-state index contributed by atoms with van der Waals surface area (Å²) < 4.78 is 5.41. The molecule has 1 unspecified atom stereocenters. The number of nitrogens with one attached hydrogen (secondary N) is 1. The second kappa shape index (κ2) is 7.38. The Balaban J connectivity index is 1.59. The number of nitrogens with zero attached hydrogens (tertiary/aromatic N) is 1. The highest BCUT2D eigenvalue weighted by atomic mass is 16.5. The molecule has 2 aromatic carbocycles. The summed E-state index contributed by atoms with van der Waals surface area (Å²) >= 11 is 0. The van der Waals surface area contributed by atoms with Crippen LogP contribution in [0.25, 0.3) is 0 Å². The molecule has 5 nitrogen and oxygen atoms in total. The topological polar surface area (TPSA) is 58.6 Å². The van der Waals surface area contributed by atoms with Crippen molar-refractivity contribution in [3.05, 3.63) is 59.7 Å². The molecule has 0 aliphatic carbocycles. The summed E-state index contributed by atoms with van der Waals surface area (Å²) in [6.07, 6.45) is 0.246. The van der Waals surface area contributed by atoms with E-state index in [1.54, 1.807) is 4.90 Å². The molecule has 1 aliphatic heterocycles. The number of para-hydroxylation sites is 2. The molecule has 25 heavy (non-hydrogen) atoms. The van der Waals surface area contributed by atoms with E-state index in [0.29, 0.717) is 12.3 Å². The Hall–Kier alpha value is -2.82. The van der Waals surface area contributed by atoms with Crippen LogP contribution in [0.1, 0.15) is 30.5 Å². The van der Waals surface area contributed by atoms with Gasteiger partial charge in [-0.1, -0.05) is 42.0 Å². The average Bonchev–Trinajstić information content (AvgIpc) is 2.61. The van der Waals surface area contributed by atoms with Crippen molar-refractivity contribution in [1.29, 1.82) is 0 Å². The maximum Gasteiger partial charge on any atom is 0.265 e. The standard InChI is InChI=1S/C20H22N2O3/c1-14-7-9-16(10-8-14)15(2)21-19(23)11-12-22-17-5-3-4-6-18(17)25-13-20(22)24/h3-10,15H,11-13H2,1-2H3,(H,21,23). The van der Waals surface area contributed by atoms with Crippen LogP contribution in [0.4, 0.5) is 5.69 Å². The third kappa shape index (κ3) is 3.99. The maximum atomic E-state index is 12.3. The van der Waals surface area contributed by atoms with E-state index in [-0.39, 0.29) is 30.9 Å². The highest BCUT2D eigenvalue weighted by molar-refractivity contribution is 5.98. The van der Waals surface area contributed by atoms with Gasteiger partial charge in [0, 0.05) is 13.0 Å². The molecule has 1 N–H and O–H groups in total.